The fourth-order valence-electron chi connectivity index (χ4n) is 0.450. The minimum absolute atomic E-state index is 0.303. The lowest BCUT2D eigenvalue weighted by Gasteiger charge is -2.00. The van der Waals surface area contributed by atoms with Crippen LogP contribution in [0.25, 0.3) is 0 Å². The highest BCUT2D eigenvalue weighted by Gasteiger charge is 2.05. The summed E-state index contributed by atoms with van der Waals surface area (Å²) in [6.07, 6.45) is 0.994. The Morgan fingerprint density at radius 2 is 2.00 bits per heavy atom. The van der Waals surface area contributed by atoms with E-state index in [-0.39, 0.29) is 0 Å². The minimum Gasteiger partial charge on any atom is -0.454 e. The van der Waals surface area contributed by atoms with Crippen LogP contribution in [0, 0.1) is 0 Å². The highest BCUT2D eigenvalue weighted by atomic mass is 16.7. The molecule has 0 radical (unpaired) electrons. The molecule has 2 N–H and O–H groups in total. The van der Waals surface area contributed by atoms with Crippen molar-refractivity contribution in [1.29, 1.82) is 0 Å². The van der Waals surface area contributed by atoms with Crippen LogP contribution in [0.2, 0.25) is 0 Å². The van der Waals surface area contributed by atoms with Gasteiger partial charge in [-0.1, -0.05) is 6.92 Å². The molecule has 5 nitrogen and oxygen atoms in total. The number of nitrogens with two attached hydrogens (primary N) is 1. The number of hydrogen-bond acceptors (Lipinski definition) is 5. The SMILES string of the molecule is CCCC(=O)OCC(=O)ON. The molecule has 0 saturated heterocycles. The van der Waals surface area contributed by atoms with Crippen LogP contribution in [-0.2, 0) is 19.2 Å². The lowest BCUT2D eigenvalue weighted by molar-refractivity contribution is -0.159. The van der Waals surface area contributed by atoms with Gasteiger partial charge in [-0.05, 0) is 6.42 Å². The Bertz CT molecular complexity index is 146. The van der Waals surface area contributed by atoms with Crippen molar-refractivity contribution in [3.8, 4) is 0 Å². The lowest BCUT2D eigenvalue weighted by atomic mass is 10.3. The molecule has 64 valence electrons. The van der Waals surface area contributed by atoms with E-state index >= 15 is 0 Å². The van der Waals surface area contributed by atoms with Crippen molar-refractivity contribution in [3.05, 3.63) is 0 Å². The van der Waals surface area contributed by atoms with Crippen LogP contribution < -0.4 is 5.90 Å². The average Bonchev–Trinajstić information content (AvgIpc) is 2.01. The van der Waals surface area contributed by atoms with Crippen LogP contribution in [0.3, 0.4) is 0 Å². The molecule has 0 aliphatic carbocycles. The van der Waals surface area contributed by atoms with E-state index in [4.69, 9.17) is 0 Å². The monoisotopic (exact) mass is 161 g/mol. The molecule has 0 aromatic carbocycles. The van der Waals surface area contributed by atoms with Gasteiger partial charge < -0.3 is 9.57 Å². The topological polar surface area (TPSA) is 78.6 Å². The molecule has 0 atom stereocenters. The number of rotatable bonds is 4. The van der Waals surface area contributed by atoms with E-state index in [0.29, 0.717) is 12.8 Å². The highest BCUT2D eigenvalue weighted by molar-refractivity contribution is 5.76. The number of carbonyl (C=O) groups is 2. The summed E-state index contributed by atoms with van der Waals surface area (Å²) in [5.74, 6) is 3.32. The first-order chi connectivity index (χ1) is 5.20. The van der Waals surface area contributed by atoms with Gasteiger partial charge in [0.2, 0.25) is 0 Å². The van der Waals surface area contributed by atoms with Crippen LogP contribution in [0.1, 0.15) is 19.8 Å². The maximum Gasteiger partial charge on any atom is 0.362 e. The second-order valence-electron chi connectivity index (χ2n) is 1.90. The molecule has 0 fully saturated rings. The number of carbonyl (C=O) groups excluding carboxylic acids is 2. The van der Waals surface area contributed by atoms with E-state index < -0.39 is 18.5 Å². The van der Waals surface area contributed by atoms with Crippen LogP contribution in [0.4, 0.5) is 0 Å². The van der Waals surface area contributed by atoms with Crippen molar-refractivity contribution in [3.63, 3.8) is 0 Å². The Morgan fingerprint density at radius 1 is 1.36 bits per heavy atom. The number of ether oxygens (including phenoxy) is 1. The average molecular weight is 161 g/mol. The molecule has 0 spiro atoms. The van der Waals surface area contributed by atoms with E-state index in [0.717, 1.165) is 0 Å². The van der Waals surface area contributed by atoms with Crippen molar-refractivity contribution >= 4 is 11.9 Å². The molecule has 0 heterocycles. The molecule has 0 aromatic heterocycles. The van der Waals surface area contributed by atoms with Gasteiger partial charge in [-0.15, -0.1) is 0 Å². The van der Waals surface area contributed by atoms with Crippen molar-refractivity contribution in [2.45, 2.75) is 19.8 Å². The first-order valence-electron chi connectivity index (χ1n) is 3.26. The molecular formula is C6H11NO4. The molecule has 0 saturated carbocycles. The van der Waals surface area contributed by atoms with Crippen molar-refractivity contribution < 1.29 is 19.2 Å². The molecule has 0 rings (SSSR count). The van der Waals surface area contributed by atoms with Gasteiger partial charge in [-0.3, -0.25) is 4.79 Å². The lowest BCUT2D eigenvalue weighted by Crippen LogP contribution is -2.18. The Morgan fingerprint density at radius 3 is 2.45 bits per heavy atom. The largest absolute Gasteiger partial charge is 0.454 e. The van der Waals surface area contributed by atoms with Crippen molar-refractivity contribution in [2.75, 3.05) is 6.61 Å². The Kier molecular flexibility index (Phi) is 5.10. The summed E-state index contributed by atoms with van der Waals surface area (Å²) in [6.45, 7) is 1.43. The molecule has 0 unspecified atom stereocenters. The van der Waals surface area contributed by atoms with Crippen LogP contribution in [0.5, 0.6) is 0 Å². The summed E-state index contributed by atoms with van der Waals surface area (Å²) >= 11 is 0. The molecule has 0 aromatic rings. The third kappa shape index (κ3) is 5.35. The molecule has 11 heavy (non-hydrogen) atoms. The quantitative estimate of drug-likeness (QED) is 0.454. The molecule has 0 aliphatic heterocycles. The van der Waals surface area contributed by atoms with Gasteiger partial charge in [0.25, 0.3) is 0 Å². The van der Waals surface area contributed by atoms with Gasteiger partial charge in [-0.25, -0.2) is 4.79 Å². The second-order valence-corrected chi connectivity index (χ2v) is 1.90. The predicted octanol–water partition coefficient (Wildman–Crippen LogP) is -0.253. The Labute approximate surface area is 64.4 Å². The summed E-state index contributed by atoms with van der Waals surface area (Å²) < 4.78 is 4.44. The smallest absolute Gasteiger partial charge is 0.362 e. The first-order valence-corrected chi connectivity index (χ1v) is 3.26. The van der Waals surface area contributed by atoms with E-state index in [1.54, 1.807) is 0 Å². The summed E-state index contributed by atoms with van der Waals surface area (Å²) in [5.41, 5.74) is 0. The van der Waals surface area contributed by atoms with Crippen LogP contribution in [0.15, 0.2) is 0 Å². The van der Waals surface area contributed by atoms with E-state index in [1.807, 2.05) is 6.92 Å². The van der Waals surface area contributed by atoms with Gasteiger partial charge in [0.1, 0.15) is 0 Å². The first kappa shape index (κ1) is 9.90. The molecule has 0 aliphatic rings. The van der Waals surface area contributed by atoms with E-state index in [2.05, 4.69) is 15.5 Å². The molecular weight excluding hydrogens is 150 g/mol. The zero-order chi connectivity index (χ0) is 8.69. The van der Waals surface area contributed by atoms with E-state index in [9.17, 15) is 9.59 Å². The minimum atomic E-state index is -0.755. The molecule has 0 amide bonds. The summed E-state index contributed by atoms with van der Waals surface area (Å²) in [6, 6.07) is 0. The zero-order valence-electron chi connectivity index (χ0n) is 6.33. The maximum absolute atomic E-state index is 10.6. The van der Waals surface area contributed by atoms with Gasteiger partial charge in [-0.2, -0.15) is 5.90 Å². The fourth-order valence-corrected chi connectivity index (χ4v) is 0.450. The van der Waals surface area contributed by atoms with Gasteiger partial charge >= 0.3 is 11.9 Å². The number of esters is 1. The summed E-state index contributed by atoms with van der Waals surface area (Å²) in [5, 5.41) is 0. The maximum atomic E-state index is 10.6. The Hall–Kier alpha value is -1.10. The van der Waals surface area contributed by atoms with Crippen molar-refractivity contribution in [1.82, 2.24) is 0 Å². The Balaban J connectivity index is 3.38. The van der Waals surface area contributed by atoms with Crippen LogP contribution >= 0.6 is 0 Å². The third-order valence-electron chi connectivity index (χ3n) is 0.937. The van der Waals surface area contributed by atoms with E-state index in [1.165, 1.54) is 0 Å². The van der Waals surface area contributed by atoms with Gasteiger partial charge in [0, 0.05) is 6.42 Å². The summed E-state index contributed by atoms with van der Waals surface area (Å²) in [4.78, 5) is 24.7. The third-order valence-corrected chi connectivity index (χ3v) is 0.937. The second kappa shape index (κ2) is 5.67. The predicted molar refractivity (Wildman–Crippen MR) is 36.1 cm³/mol. The van der Waals surface area contributed by atoms with Crippen LogP contribution in [-0.4, -0.2) is 18.5 Å². The number of hydrogen-bond donors (Lipinski definition) is 1. The zero-order valence-corrected chi connectivity index (χ0v) is 6.33. The standard InChI is InChI=1S/C6H11NO4/c1-2-3-5(8)10-4-6(9)11-7/h2-4,7H2,1H3. The van der Waals surface area contributed by atoms with Gasteiger partial charge in [0.15, 0.2) is 6.61 Å². The molecule has 0 bridgehead atoms. The summed E-state index contributed by atoms with van der Waals surface area (Å²) in [7, 11) is 0. The highest BCUT2D eigenvalue weighted by Crippen LogP contribution is 1.90. The molecule has 5 heteroatoms. The fraction of sp³-hybridized carbons (Fsp3) is 0.667. The van der Waals surface area contributed by atoms with Gasteiger partial charge in [0.05, 0.1) is 0 Å². The van der Waals surface area contributed by atoms with Crippen molar-refractivity contribution in [2.24, 2.45) is 5.90 Å². The normalized spacial score (nSPS) is 8.91.